The van der Waals surface area contributed by atoms with Gasteiger partial charge in [0.15, 0.2) is 0 Å². The molecule has 0 bridgehead atoms. The summed E-state index contributed by atoms with van der Waals surface area (Å²) in [4.78, 5) is 0. The van der Waals surface area contributed by atoms with Gasteiger partial charge in [-0.2, -0.15) is 0 Å². The maximum absolute atomic E-state index is 4.18. The van der Waals surface area contributed by atoms with Crippen molar-refractivity contribution in [3.05, 3.63) is 83.2 Å². The molecule has 0 aliphatic rings. The molecule has 0 atom stereocenters. The lowest BCUT2D eigenvalue weighted by atomic mass is 10.0. The van der Waals surface area contributed by atoms with Gasteiger partial charge in [-0.05, 0) is 224 Å². The summed E-state index contributed by atoms with van der Waals surface area (Å²) in [6.45, 7) is 70.6. The Kier molecular flexibility index (Phi) is 64.7. The summed E-state index contributed by atoms with van der Waals surface area (Å²) in [6.07, 6.45) is 56.8. The van der Waals surface area contributed by atoms with Crippen molar-refractivity contribution in [2.75, 3.05) is 0 Å². The standard InChI is InChI=1S/7C14H27N3/c2*1-12(2)7-5-9-14-11-15-16-17(14)10-6-8-13(3)4;2*1-12(2)7-5-6-10-17-14(11-15-16-17)9-8-13(3)4;2*1-12(2)7-5-6-8-14-11-15-16-17(14)10-9-13(3)4;1-12(2)8-6-5-7-9-14-10-15-16-17(14)11-13(3)4/h6*11-13H,5-10H2,1-4H3;10,12-13H,5-9,11H2,1-4H3. The largest absolute Gasteiger partial charge is 0.249 e. The van der Waals surface area contributed by atoms with E-state index in [0.717, 1.165) is 168 Å². The molecule has 21 heteroatoms. The van der Waals surface area contributed by atoms with Crippen LogP contribution in [-0.4, -0.2) is 105 Å². The first-order valence-electron chi connectivity index (χ1n) is 48.8. The maximum atomic E-state index is 4.18. The molecular weight excluding hydrogens is 1470 g/mol. The minimum atomic E-state index is 0.636. The van der Waals surface area contributed by atoms with Crippen molar-refractivity contribution >= 4 is 0 Å². The van der Waals surface area contributed by atoms with E-state index in [0.29, 0.717) is 5.92 Å². The van der Waals surface area contributed by atoms with Gasteiger partial charge < -0.3 is 0 Å². The topological polar surface area (TPSA) is 215 Å². The molecule has 0 saturated carbocycles. The molecule has 0 saturated heterocycles. The summed E-state index contributed by atoms with van der Waals surface area (Å²) in [5.74, 6) is 10.8. The van der Waals surface area contributed by atoms with Crippen molar-refractivity contribution in [2.24, 2.45) is 82.9 Å². The van der Waals surface area contributed by atoms with Crippen molar-refractivity contribution in [1.82, 2.24) is 105 Å². The van der Waals surface area contributed by atoms with Crippen LogP contribution in [0.1, 0.15) is 414 Å². The Hall–Kier alpha value is -6.02. The van der Waals surface area contributed by atoms with Crippen LogP contribution in [0.4, 0.5) is 0 Å². The van der Waals surface area contributed by atoms with Crippen LogP contribution < -0.4 is 0 Å². The van der Waals surface area contributed by atoms with E-state index in [2.05, 4.69) is 299 Å². The minimum absolute atomic E-state index is 0.636. The zero-order valence-corrected chi connectivity index (χ0v) is 82.7. The predicted octanol–water partition coefficient (Wildman–Crippen LogP) is 25.9. The Bertz CT molecular complexity index is 2970. The Morgan fingerprint density at radius 3 is 0.605 bits per heavy atom. The Morgan fingerprint density at radius 1 is 0.160 bits per heavy atom. The van der Waals surface area contributed by atoms with Crippen LogP contribution in [0.3, 0.4) is 0 Å². The van der Waals surface area contributed by atoms with Crippen LogP contribution in [0.15, 0.2) is 43.4 Å². The second-order valence-corrected chi connectivity index (χ2v) is 40.4. The molecule has 21 nitrogen and oxygen atoms in total. The van der Waals surface area contributed by atoms with Crippen molar-refractivity contribution in [3.8, 4) is 0 Å². The van der Waals surface area contributed by atoms with E-state index in [-0.39, 0.29) is 0 Å². The minimum Gasteiger partial charge on any atom is -0.249 e. The zero-order chi connectivity index (χ0) is 88.7. The van der Waals surface area contributed by atoms with E-state index < -0.39 is 0 Å². The molecule has 0 amide bonds. The highest BCUT2D eigenvalue weighted by Gasteiger charge is 2.13. The normalized spacial score (nSPS) is 11.6. The van der Waals surface area contributed by atoms with Gasteiger partial charge in [0.25, 0.3) is 0 Å². The lowest BCUT2D eigenvalue weighted by Gasteiger charge is -2.08. The molecule has 0 radical (unpaired) electrons. The number of unbranched alkanes of at least 4 members (excludes halogenated alkanes) is 6. The molecule has 0 spiro atoms. The average Bonchev–Trinajstić information content (AvgIpc) is 1.37. The van der Waals surface area contributed by atoms with Gasteiger partial charge in [-0.3, -0.25) is 0 Å². The van der Waals surface area contributed by atoms with E-state index in [9.17, 15) is 0 Å². The molecule has 7 aromatic rings. The van der Waals surface area contributed by atoms with Gasteiger partial charge in [0.1, 0.15) is 0 Å². The molecular formula is C98H189N21. The molecule has 7 heterocycles. The smallest absolute Gasteiger partial charge is 0.0725 e. The van der Waals surface area contributed by atoms with Gasteiger partial charge in [-0.15, -0.1) is 35.7 Å². The number of aromatic nitrogens is 21. The van der Waals surface area contributed by atoms with Gasteiger partial charge >= 0.3 is 0 Å². The summed E-state index contributed by atoms with van der Waals surface area (Å²) in [5.41, 5.74) is 9.09. The Balaban J connectivity index is 0.000000694. The van der Waals surface area contributed by atoms with Crippen molar-refractivity contribution in [2.45, 2.75) is 464 Å². The monoisotopic (exact) mass is 1660 g/mol. The second-order valence-electron chi connectivity index (χ2n) is 40.4. The Morgan fingerprint density at radius 2 is 0.345 bits per heavy atom. The summed E-state index contributed by atoms with van der Waals surface area (Å²) in [5, 5.41) is 57.4. The molecule has 0 aromatic carbocycles. The fourth-order valence-corrected chi connectivity index (χ4v) is 13.6. The predicted molar refractivity (Wildman–Crippen MR) is 503 cm³/mol. The van der Waals surface area contributed by atoms with Gasteiger partial charge in [-0.25, -0.2) is 32.8 Å². The van der Waals surface area contributed by atoms with Crippen LogP contribution in [0.2, 0.25) is 0 Å². The quantitative estimate of drug-likeness (QED) is 0.0324. The highest BCUT2D eigenvalue weighted by atomic mass is 15.5. The van der Waals surface area contributed by atoms with Crippen LogP contribution in [0.5, 0.6) is 0 Å². The highest BCUT2D eigenvalue weighted by Crippen LogP contribution is 2.20. The first-order valence-corrected chi connectivity index (χ1v) is 48.8. The molecule has 7 rings (SSSR count). The second kappa shape index (κ2) is 69.4. The maximum Gasteiger partial charge on any atom is 0.0725 e. The SMILES string of the molecule is CC(C)CCCCCc1cnnn1CC(C)C.CC(C)CCCCc1cnnn1CCC(C)C.CC(C)CCCCc1cnnn1CCC(C)C.CC(C)CCCCn1nncc1CCC(C)C.CC(C)CCCCn1nncc1CCC(C)C.CC(C)CCCc1cnnn1CCCC(C)C.CC(C)CCCc1cnnn1CCCC(C)C. The van der Waals surface area contributed by atoms with E-state index in [1.54, 1.807) is 0 Å². The summed E-state index contributed by atoms with van der Waals surface area (Å²) < 4.78 is 14.6. The van der Waals surface area contributed by atoms with Gasteiger partial charge in [0.2, 0.25) is 0 Å². The number of hydrogen-bond acceptors (Lipinski definition) is 14. The number of rotatable bonds is 56. The lowest BCUT2D eigenvalue weighted by Crippen LogP contribution is -2.09. The number of nitrogens with zero attached hydrogens (tertiary/aromatic N) is 21. The van der Waals surface area contributed by atoms with Crippen molar-refractivity contribution in [3.63, 3.8) is 0 Å². The van der Waals surface area contributed by atoms with Gasteiger partial charge in [0, 0.05) is 45.8 Å². The van der Waals surface area contributed by atoms with Crippen molar-refractivity contribution < 1.29 is 0 Å². The number of hydrogen-bond donors (Lipinski definition) is 0. The highest BCUT2D eigenvalue weighted by molar-refractivity contribution is 4.99. The average molecular weight is 1660 g/mol. The molecule has 0 aliphatic heterocycles. The molecule has 686 valence electrons. The summed E-state index contributed by atoms with van der Waals surface area (Å²) in [7, 11) is 0. The first kappa shape index (κ1) is 111. The third-order valence-corrected chi connectivity index (χ3v) is 21.4. The van der Waals surface area contributed by atoms with E-state index >= 15 is 0 Å². The fourth-order valence-electron chi connectivity index (χ4n) is 13.6. The summed E-state index contributed by atoms with van der Waals surface area (Å²) >= 11 is 0. The third-order valence-electron chi connectivity index (χ3n) is 21.4. The molecule has 0 aliphatic carbocycles. The molecule has 0 fully saturated rings. The van der Waals surface area contributed by atoms with Crippen molar-refractivity contribution in [1.29, 1.82) is 0 Å². The molecule has 7 aromatic heterocycles. The zero-order valence-electron chi connectivity index (χ0n) is 82.7. The fraction of sp³-hybridized carbons (Fsp3) is 0.857. The Labute approximate surface area is 731 Å². The van der Waals surface area contributed by atoms with Crippen LogP contribution >= 0.6 is 0 Å². The van der Waals surface area contributed by atoms with Gasteiger partial charge in [0.05, 0.1) is 83.2 Å². The molecule has 0 unspecified atom stereocenters. The molecule has 0 N–H and O–H groups in total. The van der Waals surface area contributed by atoms with E-state index in [4.69, 9.17) is 0 Å². The van der Waals surface area contributed by atoms with Crippen LogP contribution in [0.25, 0.3) is 0 Å². The van der Waals surface area contributed by atoms with Gasteiger partial charge in [-0.1, -0.05) is 314 Å². The number of aryl methyl sites for hydroxylation is 13. The lowest BCUT2D eigenvalue weighted by molar-refractivity contribution is 0.453. The van der Waals surface area contributed by atoms with E-state index in [1.165, 1.54) is 220 Å². The summed E-state index contributed by atoms with van der Waals surface area (Å²) in [6, 6.07) is 0. The molecule has 119 heavy (non-hydrogen) atoms. The van der Waals surface area contributed by atoms with Crippen LogP contribution in [0, 0.1) is 82.9 Å². The van der Waals surface area contributed by atoms with E-state index in [1.807, 2.05) is 43.4 Å². The van der Waals surface area contributed by atoms with Crippen LogP contribution in [-0.2, 0) is 90.8 Å². The third kappa shape index (κ3) is 61.9. The first-order chi connectivity index (χ1) is 56.6.